The minimum Gasteiger partial charge on any atom is -0.394 e. The lowest BCUT2D eigenvalue weighted by molar-refractivity contribution is -0.123. The van der Waals surface area contributed by atoms with E-state index in [4.69, 9.17) is 0 Å². The number of allylic oxidation sites excluding steroid dienone is 3. The Morgan fingerprint density at radius 2 is 0.930 bits per heavy atom. The summed E-state index contributed by atoms with van der Waals surface area (Å²) in [6.45, 7) is 4.27. The summed E-state index contributed by atoms with van der Waals surface area (Å²) in [6.07, 6.45) is 44.2. The number of rotatable bonds is 34. The van der Waals surface area contributed by atoms with E-state index < -0.39 is 12.1 Å². The highest BCUT2D eigenvalue weighted by Gasteiger charge is 2.17. The SMILES string of the molecule is CCCCCCCCC/C=C/C=C/[C@@H](O)[C@H](CO)NC(=O)CCCCCCCCCCCCCCCCCCCCCC. The summed E-state index contributed by atoms with van der Waals surface area (Å²) in [6, 6.07) is -0.648. The van der Waals surface area contributed by atoms with Gasteiger partial charge >= 0.3 is 0 Å². The van der Waals surface area contributed by atoms with Crippen LogP contribution in [0.3, 0.4) is 0 Å². The fraction of sp³-hybridized carbons (Fsp3) is 0.872. The van der Waals surface area contributed by atoms with Crippen LogP contribution in [0.1, 0.15) is 200 Å². The zero-order chi connectivity index (χ0) is 31.5. The fourth-order valence-electron chi connectivity index (χ4n) is 5.76. The van der Waals surface area contributed by atoms with Gasteiger partial charge in [-0.1, -0.05) is 199 Å². The molecule has 0 fully saturated rings. The van der Waals surface area contributed by atoms with E-state index in [0.29, 0.717) is 6.42 Å². The fourth-order valence-corrected chi connectivity index (χ4v) is 5.76. The minimum atomic E-state index is -0.882. The van der Waals surface area contributed by atoms with E-state index in [1.165, 1.54) is 161 Å². The highest BCUT2D eigenvalue weighted by molar-refractivity contribution is 5.76. The number of aliphatic hydroxyl groups is 2. The van der Waals surface area contributed by atoms with Crippen molar-refractivity contribution in [3.05, 3.63) is 24.3 Å². The Kier molecular flexibility index (Phi) is 34.4. The Hall–Kier alpha value is -1.13. The van der Waals surface area contributed by atoms with Crippen LogP contribution in [0.25, 0.3) is 0 Å². The van der Waals surface area contributed by atoms with Crippen LogP contribution >= 0.6 is 0 Å². The van der Waals surface area contributed by atoms with Gasteiger partial charge in [0.2, 0.25) is 5.91 Å². The van der Waals surface area contributed by atoms with Crippen LogP contribution in [0.15, 0.2) is 24.3 Å². The van der Waals surface area contributed by atoms with Crippen molar-refractivity contribution in [1.29, 1.82) is 0 Å². The predicted molar refractivity (Wildman–Crippen MR) is 189 cm³/mol. The van der Waals surface area contributed by atoms with E-state index >= 15 is 0 Å². The first kappa shape index (κ1) is 41.9. The highest BCUT2D eigenvalue weighted by Crippen LogP contribution is 2.15. The van der Waals surface area contributed by atoms with E-state index in [-0.39, 0.29) is 12.5 Å². The Morgan fingerprint density at radius 3 is 1.33 bits per heavy atom. The van der Waals surface area contributed by atoms with E-state index in [2.05, 4.69) is 25.2 Å². The average molecular weight is 606 g/mol. The van der Waals surface area contributed by atoms with Crippen LogP contribution in [0.5, 0.6) is 0 Å². The molecule has 1 amide bonds. The van der Waals surface area contributed by atoms with Crippen molar-refractivity contribution in [2.45, 2.75) is 212 Å². The molecule has 0 bridgehead atoms. The summed E-state index contributed by atoms with van der Waals surface area (Å²) in [4.78, 5) is 12.3. The molecule has 0 heterocycles. The van der Waals surface area contributed by atoms with Crippen molar-refractivity contribution >= 4 is 5.91 Å². The average Bonchev–Trinajstić information content (AvgIpc) is 3.01. The first-order valence-corrected chi connectivity index (χ1v) is 19.1. The summed E-state index contributed by atoms with van der Waals surface area (Å²) < 4.78 is 0. The van der Waals surface area contributed by atoms with E-state index in [1.54, 1.807) is 6.08 Å². The van der Waals surface area contributed by atoms with Gasteiger partial charge in [-0.25, -0.2) is 0 Å². The van der Waals surface area contributed by atoms with Crippen molar-refractivity contribution in [3.63, 3.8) is 0 Å². The maximum Gasteiger partial charge on any atom is 0.220 e. The smallest absolute Gasteiger partial charge is 0.220 e. The first-order chi connectivity index (χ1) is 21.2. The quantitative estimate of drug-likeness (QED) is 0.0505. The third kappa shape index (κ3) is 32.1. The number of carbonyl (C=O) groups excluding carboxylic acids is 1. The van der Waals surface area contributed by atoms with Crippen molar-refractivity contribution < 1.29 is 15.0 Å². The zero-order valence-electron chi connectivity index (χ0n) is 29.0. The summed E-state index contributed by atoms with van der Waals surface area (Å²) in [5.74, 6) is -0.0802. The largest absolute Gasteiger partial charge is 0.394 e. The molecule has 0 aliphatic rings. The second-order valence-corrected chi connectivity index (χ2v) is 13.0. The molecule has 0 aliphatic heterocycles. The Morgan fingerprint density at radius 1 is 0.558 bits per heavy atom. The molecule has 0 spiro atoms. The third-order valence-corrected chi connectivity index (χ3v) is 8.74. The molecule has 0 aromatic heterocycles. The number of hydrogen-bond donors (Lipinski definition) is 3. The molecule has 0 unspecified atom stereocenters. The van der Waals surface area contributed by atoms with Crippen molar-refractivity contribution in [1.82, 2.24) is 5.32 Å². The van der Waals surface area contributed by atoms with Crippen LogP contribution in [-0.2, 0) is 4.79 Å². The second kappa shape index (κ2) is 35.4. The van der Waals surface area contributed by atoms with Gasteiger partial charge in [-0.3, -0.25) is 4.79 Å². The molecule has 4 nitrogen and oxygen atoms in total. The van der Waals surface area contributed by atoms with Gasteiger partial charge < -0.3 is 15.5 Å². The van der Waals surface area contributed by atoms with E-state index in [1.807, 2.05) is 12.2 Å². The zero-order valence-corrected chi connectivity index (χ0v) is 29.0. The van der Waals surface area contributed by atoms with Crippen LogP contribution in [-0.4, -0.2) is 34.9 Å². The number of aliphatic hydroxyl groups excluding tert-OH is 2. The molecule has 0 aromatic rings. The van der Waals surface area contributed by atoms with Gasteiger partial charge in [0, 0.05) is 6.42 Å². The molecule has 3 N–H and O–H groups in total. The summed E-state index contributed by atoms with van der Waals surface area (Å²) in [5, 5.41) is 22.8. The molecule has 0 saturated carbocycles. The molecular weight excluding hydrogens is 530 g/mol. The molecule has 0 aliphatic carbocycles. The Bertz CT molecular complexity index is 618. The van der Waals surface area contributed by atoms with Gasteiger partial charge in [0.1, 0.15) is 0 Å². The molecule has 0 rings (SSSR count). The first-order valence-electron chi connectivity index (χ1n) is 19.1. The summed E-state index contributed by atoms with van der Waals surface area (Å²) in [5.41, 5.74) is 0. The summed E-state index contributed by atoms with van der Waals surface area (Å²) >= 11 is 0. The van der Waals surface area contributed by atoms with Crippen LogP contribution in [0.2, 0.25) is 0 Å². The maximum atomic E-state index is 12.3. The van der Waals surface area contributed by atoms with Gasteiger partial charge in [-0.2, -0.15) is 0 Å². The van der Waals surface area contributed by atoms with E-state index in [0.717, 1.165) is 19.3 Å². The third-order valence-electron chi connectivity index (χ3n) is 8.74. The Balaban J connectivity index is 3.57. The molecule has 2 atom stereocenters. The highest BCUT2D eigenvalue weighted by atomic mass is 16.3. The molecule has 0 radical (unpaired) electrons. The number of carbonyl (C=O) groups is 1. The van der Waals surface area contributed by atoms with Crippen molar-refractivity contribution in [2.75, 3.05) is 6.61 Å². The standard InChI is InChI=1S/C39H75NO3/c1-3-5-7-9-11-13-15-16-17-18-19-20-21-22-23-25-27-29-31-33-35-39(43)40-37(36-41)38(42)34-32-30-28-26-24-14-12-10-8-6-4-2/h28,30,32,34,37-38,41-42H,3-27,29,31,33,35-36H2,1-2H3,(H,40,43)/b30-28+,34-32+/t37-,38+/m0/s1. The predicted octanol–water partition coefficient (Wildman–Crippen LogP) is 11.3. The topological polar surface area (TPSA) is 69.6 Å². The molecular formula is C39H75NO3. The monoisotopic (exact) mass is 606 g/mol. The molecule has 254 valence electrons. The lowest BCUT2D eigenvalue weighted by atomic mass is 10.0. The Labute approximate surface area is 269 Å². The summed E-state index contributed by atoms with van der Waals surface area (Å²) in [7, 11) is 0. The number of amides is 1. The van der Waals surface area contributed by atoms with Crippen molar-refractivity contribution in [3.8, 4) is 0 Å². The molecule has 43 heavy (non-hydrogen) atoms. The lowest BCUT2D eigenvalue weighted by Crippen LogP contribution is -2.45. The molecule has 0 saturated heterocycles. The number of unbranched alkanes of at least 4 members (excludes halogenated alkanes) is 26. The van der Waals surface area contributed by atoms with Gasteiger partial charge in [-0.15, -0.1) is 0 Å². The van der Waals surface area contributed by atoms with Crippen LogP contribution < -0.4 is 5.32 Å². The van der Waals surface area contributed by atoms with Gasteiger partial charge in [0.25, 0.3) is 0 Å². The lowest BCUT2D eigenvalue weighted by Gasteiger charge is -2.19. The maximum absolute atomic E-state index is 12.3. The van der Waals surface area contributed by atoms with Crippen molar-refractivity contribution in [2.24, 2.45) is 0 Å². The molecule has 4 heteroatoms. The van der Waals surface area contributed by atoms with Gasteiger partial charge in [0.05, 0.1) is 18.8 Å². The minimum absolute atomic E-state index is 0.0802. The van der Waals surface area contributed by atoms with Crippen LogP contribution in [0, 0.1) is 0 Å². The van der Waals surface area contributed by atoms with Gasteiger partial charge in [0.15, 0.2) is 0 Å². The van der Waals surface area contributed by atoms with Crippen LogP contribution in [0.4, 0.5) is 0 Å². The normalized spacial score (nSPS) is 13.3. The van der Waals surface area contributed by atoms with E-state index in [9.17, 15) is 15.0 Å². The van der Waals surface area contributed by atoms with Gasteiger partial charge in [-0.05, 0) is 19.3 Å². The second-order valence-electron chi connectivity index (χ2n) is 13.0. The number of nitrogens with one attached hydrogen (secondary N) is 1. The molecule has 0 aromatic carbocycles. The number of hydrogen-bond acceptors (Lipinski definition) is 3.